The molecule has 0 amide bonds. The molecular formula is C12H21NOSi. The average molecular weight is 223 g/mol. The van der Waals surface area contributed by atoms with Gasteiger partial charge >= 0.3 is 0 Å². The van der Waals surface area contributed by atoms with Gasteiger partial charge in [-0.2, -0.15) is 0 Å². The molecule has 0 saturated carbocycles. The first-order valence-corrected chi connectivity index (χ1v) is 8.60. The Morgan fingerprint density at radius 3 is 2.47 bits per heavy atom. The third kappa shape index (κ3) is 5.00. The number of nitrogens with one attached hydrogen (secondary N) is 1. The lowest BCUT2D eigenvalue weighted by Gasteiger charge is -2.19. The van der Waals surface area contributed by atoms with Crippen molar-refractivity contribution in [2.75, 3.05) is 19.0 Å². The van der Waals surface area contributed by atoms with E-state index in [1.165, 1.54) is 18.2 Å². The van der Waals surface area contributed by atoms with Crippen molar-refractivity contribution in [3.8, 4) is 0 Å². The molecule has 0 aliphatic carbocycles. The van der Waals surface area contributed by atoms with Gasteiger partial charge in [-0.15, -0.1) is 0 Å². The summed E-state index contributed by atoms with van der Waals surface area (Å²) in [6, 6.07) is 11.5. The highest BCUT2D eigenvalue weighted by molar-refractivity contribution is 6.71. The first-order chi connectivity index (χ1) is 7.14. The molecular weight excluding hydrogens is 202 g/mol. The molecule has 1 aromatic rings. The van der Waals surface area contributed by atoms with Gasteiger partial charge < -0.3 is 9.74 Å². The summed E-state index contributed by atoms with van der Waals surface area (Å²) in [5.74, 6) is 0. The topological polar surface area (TPSA) is 21.3 Å². The van der Waals surface area contributed by atoms with E-state index in [0.717, 1.165) is 6.54 Å². The van der Waals surface area contributed by atoms with Crippen LogP contribution in [-0.2, 0) is 4.43 Å². The van der Waals surface area contributed by atoms with Crippen LogP contribution in [0.25, 0.3) is 0 Å². The molecule has 0 spiro atoms. The van der Waals surface area contributed by atoms with E-state index in [4.69, 9.17) is 4.43 Å². The Labute approximate surface area is 93.8 Å². The summed E-state index contributed by atoms with van der Waals surface area (Å²) >= 11 is 0. The summed E-state index contributed by atoms with van der Waals surface area (Å²) in [5, 5.41) is 3.41. The maximum absolute atomic E-state index is 5.50. The van der Waals surface area contributed by atoms with Crippen LogP contribution in [0.1, 0.15) is 6.42 Å². The molecule has 0 bridgehead atoms. The van der Waals surface area contributed by atoms with E-state index in [0.29, 0.717) is 0 Å². The highest BCUT2D eigenvalue weighted by atomic mass is 28.4. The van der Waals surface area contributed by atoms with Gasteiger partial charge in [0.25, 0.3) is 0 Å². The Kier molecular flexibility index (Phi) is 4.85. The van der Waals surface area contributed by atoms with E-state index in [-0.39, 0.29) is 0 Å². The Morgan fingerprint density at radius 1 is 1.20 bits per heavy atom. The minimum Gasteiger partial charge on any atom is -0.420 e. The van der Waals surface area contributed by atoms with Gasteiger partial charge in [-0.3, -0.25) is 0 Å². The Balaban J connectivity index is 2.18. The molecule has 2 nitrogen and oxygen atoms in total. The van der Waals surface area contributed by atoms with Crippen LogP contribution >= 0.6 is 0 Å². The molecule has 1 rings (SSSR count). The van der Waals surface area contributed by atoms with E-state index in [2.05, 4.69) is 42.7 Å². The molecule has 0 radical (unpaired) electrons. The SMILES string of the molecule is CO[Si](C)(C)CCCNc1ccccc1. The quantitative estimate of drug-likeness (QED) is 0.590. The van der Waals surface area contributed by atoms with Crippen LogP contribution in [-0.4, -0.2) is 22.0 Å². The standard InChI is InChI=1S/C12H21NOSi/c1-14-15(2,3)11-7-10-13-12-8-5-4-6-9-12/h4-6,8-9,13H,7,10-11H2,1-3H3. The Bertz CT molecular complexity index is 274. The molecule has 84 valence electrons. The van der Waals surface area contributed by atoms with E-state index >= 15 is 0 Å². The second kappa shape index (κ2) is 5.93. The molecule has 1 aromatic carbocycles. The minimum atomic E-state index is -1.36. The lowest BCUT2D eigenvalue weighted by atomic mass is 10.3. The van der Waals surface area contributed by atoms with Crippen molar-refractivity contribution in [2.24, 2.45) is 0 Å². The molecule has 0 aliphatic heterocycles. The first-order valence-electron chi connectivity index (χ1n) is 5.48. The monoisotopic (exact) mass is 223 g/mol. The molecule has 0 fully saturated rings. The molecule has 0 aromatic heterocycles. The van der Waals surface area contributed by atoms with Crippen molar-refractivity contribution in [1.82, 2.24) is 0 Å². The number of hydrogen-bond donors (Lipinski definition) is 1. The molecule has 0 unspecified atom stereocenters. The van der Waals surface area contributed by atoms with Crippen LogP contribution in [0.5, 0.6) is 0 Å². The smallest absolute Gasteiger partial charge is 0.186 e. The summed E-state index contributed by atoms with van der Waals surface area (Å²) in [5.41, 5.74) is 1.20. The molecule has 15 heavy (non-hydrogen) atoms. The normalized spacial score (nSPS) is 11.4. The lowest BCUT2D eigenvalue weighted by molar-refractivity contribution is 0.402. The third-order valence-electron chi connectivity index (χ3n) is 2.61. The zero-order valence-electron chi connectivity index (χ0n) is 9.92. The van der Waals surface area contributed by atoms with Crippen molar-refractivity contribution < 1.29 is 4.43 Å². The van der Waals surface area contributed by atoms with Gasteiger partial charge in [-0.25, -0.2) is 0 Å². The maximum Gasteiger partial charge on any atom is 0.186 e. The zero-order chi connectivity index (χ0) is 11.1. The molecule has 0 atom stereocenters. The summed E-state index contributed by atoms with van der Waals surface area (Å²) < 4.78 is 5.50. The average Bonchev–Trinajstić information content (AvgIpc) is 2.26. The van der Waals surface area contributed by atoms with Crippen LogP contribution in [0.2, 0.25) is 19.1 Å². The fraction of sp³-hybridized carbons (Fsp3) is 0.500. The highest BCUT2D eigenvalue weighted by Gasteiger charge is 2.19. The Hall–Kier alpha value is -0.803. The second-order valence-electron chi connectivity index (χ2n) is 4.36. The van der Waals surface area contributed by atoms with Crippen molar-refractivity contribution in [1.29, 1.82) is 0 Å². The fourth-order valence-corrected chi connectivity index (χ4v) is 2.64. The fourth-order valence-electron chi connectivity index (χ4n) is 1.40. The second-order valence-corrected chi connectivity index (χ2v) is 8.79. The van der Waals surface area contributed by atoms with Crippen molar-refractivity contribution >= 4 is 14.0 Å². The van der Waals surface area contributed by atoms with Gasteiger partial charge in [-0.1, -0.05) is 18.2 Å². The predicted octanol–water partition coefficient (Wildman–Crippen LogP) is 3.34. The van der Waals surface area contributed by atoms with Gasteiger partial charge in [0.2, 0.25) is 0 Å². The van der Waals surface area contributed by atoms with E-state index < -0.39 is 8.32 Å². The van der Waals surface area contributed by atoms with Crippen molar-refractivity contribution in [3.05, 3.63) is 30.3 Å². The highest BCUT2D eigenvalue weighted by Crippen LogP contribution is 2.12. The summed E-state index contributed by atoms with van der Waals surface area (Å²) in [6.45, 7) is 5.55. The first kappa shape index (κ1) is 12.3. The largest absolute Gasteiger partial charge is 0.420 e. The van der Waals surface area contributed by atoms with Gasteiger partial charge in [0.05, 0.1) is 0 Å². The van der Waals surface area contributed by atoms with Gasteiger partial charge in [-0.05, 0) is 37.7 Å². The lowest BCUT2D eigenvalue weighted by Crippen LogP contribution is -2.28. The molecule has 1 N–H and O–H groups in total. The van der Waals surface area contributed by atoms with Crippen LogP contribution in [0, 0.1) is 0 Å². The summed E-state index contributed by atoms with van der Waals surface area (Å²) in [7, 11) is 0.475. The van der Waals surface area contributed by atoms with E-state index in [1.54, 1.807) is 0 Å². The molecule has 0 heterocycles. The Morgan fingerprint density at radius 2 is 1.87 bits per heavy atom. The molecule has 0 aliphatic rings. The van der Waals surface area contributed by atoms with E-state index in [9.17, 15) is 0 Å². The van der Waals surface area contributed by atoms with Crippen LogP contribution < -0.4 is 5.32 Å². The van der Waals surface area contributed by atoms with Crippen LogP contribution in [0.4, 0.5) is 5.69 Å². The van der Waals surface area contributed by atoms with Crippen molar-refractivity contribution in [3.63, 3.8) is 0 Å². The van der Waals surface area contributed by atoms with E-state index in [1.807, 2.05) is 13.2 Å². The van der Waals surface area contributed by atoms with Crippen molar-refractivity contribution in [2.45, 2.75) is 25.6 Å². The molecule has 0 saturated heterocycles. The molecule has 3 heteroatoms. The zero-order valence-corrected chi connectivity index (χ0v) is 10.9. The minimum absolute atomic E-state index is 1.03. The number of benzene rings is 1. The predicted molar refractivity (Wildman–Crippen MR) is 68.8 cm³/mol. The number of anilines is 1. The summed E-state index contributed by atoms with van der Waals surface area (Å²) in [6.07, 6.45) is 1.18. The number of para-hydroxylation sites is 1. The van der Waals surface area contributed by atoms with Crippen LogP contribution in [0.3, 0.4) is 0 Å². The van der Waals surface area contributed by atoms with Crippen LogP contribution in [0.15, 0.2) is 30.3 Å². The van der Waals surface area contributed by atoms with Gasteiger partial charge in [0.1, 0.15) is 0 Å². The van der Waals surface area contributed by atoms with Gasteiger partial charge in [0.15, 0.2) is 8.32 Å². The summed E-state index contributed by atoms with van der Waals surface area (Å²) in [4.78, 5) is 0. The number of hydrogen-bond acceptors (Lipinski definition) is 2. The third-order valence-corrected chi connectivity index (χ3v) is 5.27. The number of rotatable bonds is 6. The van der Waals surface area contributed by atoms with Gasteiger partial charge in [0, 0.05) is 19.3 Å². The maximum atomic E-state index is 5.50.